The minimum absolute atomic E-state index is 0.0831. The number of hydrogen-bond acceptors (Lipinski definition) is 5. The van der Waals surface area contributed by atoms with Gasteiger partial charge in [0.25, 0.3) is 0 Å². The molecule has 3 rings (SSSR count). The Labute approximate surface area is 149 Å². The lowest BCUT2D eigenvalue weighted by atomic mass is 9.94. The zero-order valence-electron chi connectivity index (χ0n) is 13.0. The topological polar surface area (TPSA) is 59.0 Å². The average Bonchev–Trinajstić information content (AvgIpc) is 2.93. The summed E-state index contributed by atoms with van der Waals surface area (Å²) in [6, 6.07) is 6.52. The first-order chi connectivity index (χ1) is 11.5. The molecule has 0 aromatic heterocycles. The van der Waals surface area contributed by atoms with Gasteiger partial charge in [-0.25, -0.2) is 9.79 Å². The van der Waals surface area contributed by atoms with Crippen molar-refractivity contribution in [1.82, 2.24) is 4.90 Å². The molecular weight excluding hydrogens is 348 g/mol. The van der Waals surface area contributed by atoms with E-state index >= 15 is 0 Å². The standard InChI is InChI=1S/C17H15ClN2O3S/c1-3-8-23-16(22)14-10(2)19-17-20(13(21)9-24-17)15(14)11-4-6-12(18)7-5-11/h3-7,15H,1,8-9H2,2H3/t15-/m1/s1. The highest BCUT2D eigenvalue weighted by Gasteiger charge is 2.43. The quantitative estimate of drug-likeness (QED) is 0.609. The highest BCUT2D eigenvalue weighted by atomic mass is 35.5. The molecule has 0 unspecified atom stereocenters. The Morgan fingerprint density at radius 3 is 2.88 bits per heavy atom. The van der Waals surface area contributed by atoms with E-state index in [4.69, 9.17) is 16.3 Å². The zero-order chi connectivity index (χ0) is 17.3. The molecule has 5 nitrogen and oxygen atoms in total. The van der Waals surface area contributed by atoms with Crippen molar-refractivity contribution in [3.8, 4) is 0 Å². The number of rotatable bonds is 4. The number of benzene rings is 1. The van der Waals surface area contributed by atoms with E-state index in [-0.39, 0.29) is 12.5 Å². The van der Waals surface area contributed by atoms with Crippen LogP contribution in [0, 0.1) is 0 Å². The van der Waals surface area contributed by atoms with Crippen molar-refractivity contribution in [3.05, 3.63) is 58.8 Å². The van der Waals surface area contributed by atoms with Crippen LogP contribution >= 0.6 is 23.4 Å². The van der Waals surface area contributed by atoms with Gasteiger partial charge in [0.2, 0.25) is 5.91 Å². The summed E-state index contributed by atoms with van der Waals surface area (Å²) < 4.78 is 5.21. The summed E-state index contributed by atoms with van der Waals surface area (Å²) in [6.45, 7) is 5.40. The molecule has 0 bridgehead atoms. The van der Waals surface area contributed by atoms with Gasteiger partial charge in [0.1, 0.15) is 6.61 Å². The molecule has 0 radical (unpaired) electrons. The van der Waals surface area contributed by atoms with Gasteiger partial charge in [-0.1, -0.05) is 48.2 Å². The molecular formula is C17H15ClN2O3S. The summed E-state index contributed by atoms with van der Waals surface area (Å²) in [4.78, 5) is 30.9. The van der Waals surface area contributed by atoms with Crippen LogP contribution < -0.4 is 0 Å². The minimum Gasteiger partial charge on any atom is -0.458 e. The monoisotopic (exact) mass is 362 g/mol. The summed E-state index contributed by atoms with van der Waals surface area (Å²) in [5.74, 6) is -0.273. The number of amides is 1. The van der Waals surface area contributed by atoms with Gasteiger partial charge in [-0.3, -0.25) is 9.69 Å². The van der Waals surface area contributed by atoms with Gasteiger partial charge in [0.05, 0.1) is 23.1 Å². The first kappa shape index (κ1) is 16.8. The van der Waals surface area contributed by atoms with E-state index in [0.29, 0.717) is 27.2 Å². The summed E-state index contributed by atoms with van der Waals surface area (Å²) in [5, 5.41) is 1.19. The second-order valence-electron chi connectivity index (χ2n) is 5.29. The van der Waals surface area contributed by atoms with Crippen molar-refractivity contribution in [2.75, 3.05) is 12.4 Å². The third-order valence-electron chi connectivity index (χ3n) is 3.72. The number of nitrogens with zero attached hydrogens (tertiary/aromatic N) is 2. The lowest BCUT2D eigenvalue weighted by Gasteiger charge is -2.32. The van der Waals surface area contributed by atoms with Crippen LogP contribution in [0.3, 0.4) is 0 Å². The van der Waals surface area contributed by atoms with E-state index in [1.807, 2.05) is 0 Å². The Bertz CT molecular complexity index is 771. The lowest BCUT2D eigenvalue weighted by Crippen LogP contribution is -2.39. The Morgan fingerprint density at radius 1 is 1.50 bits per heavy atom. The fraction of sp³-hybridized carbons (Fsp3) is 0.235. The molecule has 1 saturated heterocycles. The molecule has 1 amide bonds. The number of amidine groups is 1. The van der Waals surface area contributed by atoms with Gasteiger partial charge in [0, 0.05) is 5.02 Å². The number of aliphatic imine (C=N–C) groups is 1. The van der Waals surface area contributed by atoms with Crippen LogP contribution in [0.1, 0.15) is 18.5 Å². The number of fused-ring (bicyclic) bond motifs is 1. The third-order valence-corrected chi connectivity index (χ3v) is 4.91. The molecule has 2 heterocycles. The molecule has 2 aliphatic heterocycles. The molecule has 2 aliphatic rings. The Morgan fingerprint density at radius 2 is 2.21 bits per heavy atom. The van der Waals surface area contributed by atoms with E-state index < -0.39 is 12.0 Å². The second kappa shape index (κ2) is 6.83. The predicted molar refractivity (Wildman–Crippen MR) is 94.8 cm³/mol. The third kappa shape index (κ3) is 2.99. The number of hydrogen-bond donors (Lipinski definition) is 0. The van der Waals surface area contributed by atoms with E-state index in [0.717, 1.165) is 5.56 Å². The summed E-state index contributed by atoms with van der Waals surface area (Å²) in [5.41, 5.74) is 1.70. The van der Waals surface area contributed by atoms with Gasteiger partial charge in [0.15, 0.2) is 5.17 Å². The highest BCUT2D eigenvalue weighted by Crippen LogP contribution is 2.41. The highest BCUT2D eigenvalue weighted by molar-refractivity contribution is 8.15. The Kier molecular flexibility index (Phi) is 4.78. The van der Waals surface area contributed by atoms with Crippen molar-refractivity contribution in [2.24, 2.45) is 4.99 Å². The number of carbonyl (C=O) groups excluding carboxylic acids is 2. The molecule has 24 heavy (non-hydrogen) atoms. The second-order valence-corrected chi connectivity index (χ2v) is 6.67. The van der Waals surface area contributed by atoms with Crippen LogP contribution in [0.5, 0.6) is 0 Å². The van der Waals surface area contributed by atoms with Crippen LogP contribution in [0.4, 0.5) is 0 Å². The number of ether oxygens (including phenoxy) is 1. The summed E-state index contributed by atoms with van der Waals surface area (Å²) in [7, 11) is 0. The molecule has 7 heteroatoms. The van der Waals surface area contributed by atoms with E-state index in [9.17, 15) is 9.59 Å². The van der Waals surface area contributed by atoms with Gasteiger partial charge in [-0.15, -0.1) is 0 Å². The van der Waals surface area contributed by atoms with E-state index in [1.54, 1.807) is 36.1 Å². The van der Waals surface area contributed by atoms with Crippen molar-refractivity contribution in [2.45, 2.75) is 13.0 Å². The predicted octanol–water partition coefficient (Wildman–Crippen LogP) is 3.33. The Hall–Kier alpha value is -2.05. The number of carbonyl (C=O) groups is 2. The zero-order valence-corrected chi connectivity index (χ0v) is 14.6. The first-order valence-electron chi connectivity index (χ1n) is 7.30. The molecule has 1 fully saturated rings. The number of allylic oxidation sites excluding steroid dienone is 1. The van der Waals surface area contributed by atoms with E-state index in [1.165, 1.54) is 17.8 Å². The van der Waals surface area contributed by atoms with Gasteiger partial charge < -0.3 is 4.74 Å². The normalized spacial score (nSPS) is 19.9. The van der Waals surface area contributed by atoms with Gasteiger partial charge in [-0.2, -0.15) is 0 Å². The molecule has 1 atom stereocenters. The van der Waals surface area contributed by atoms with Crippen molar-refractivity contribution < 1.29 is 14.3 Å². The molecule has 0 saturated carbocycles. The number of esters is 1. The lowest BCUT2D eigenvalue weighted by molar-refractivity contribution is -0.138. The maximum atomic E-state index is 12.5. The van der Waals surface area contributed by atoms with E-state index in [2.05, 4.69) is 11.6 Å². The van der Waals surface area contributed by atoms with Crippen LogP contribution in [0.25, 0.3) is 0 Å². The SMILES string of the molecule is C=CCOC(=O)C1=C(C)N=C2SCC(=O)N2[C@@H]1c1ccc(Cl)cc1. The fourth-order valence-electron chi connectivity index (χ4n) is 2.68. The number of thioether (sulfide) groups is 1. The fourth-order valence-corrected chi connectivity index (χ4v) is 3.74. The summed E-state index contributed by atoms with van der Waals surface area (Å²) in [6.07, 6.45) is 1.50. The van der Waals surface area contributed by atoms with Gasteiger partial charge in [-0.05, 0) is 24.6 Å². The Balaban J connectivity index is 2.09. The van der Waals surface area contributed by atoms with Crippen LogP contribution in [0.2, 0.25) is 5.02 Å². The van der Waals surface area contributed by atoms with Crippen LogP contribution in [-0.2, 0) is 14.3 Å². The molecule has 124 valence electrons. The van der Waals surface area contributed by atoms with Crippen molar-refractivity contribution in [1.29, 1.82) is 0 Å². The van der Waals surface area contributed by atoms with Crippen molar-refractivity contribution in [3.63, 3.8) is 0 Å². The van der Waals surface area contributed by atoms with Crippen LogP contribution in [0.15, 0.2) is 53.2 Å². The largest absolute Gasteiger partial charge is 0.458 e. The maximum absolute atomic E-state index is 12.5. The number of halogens is 1. The molecule has 1 aromatic carbocycles. The summed E-state index contributed by atoms with van der Waals surface area (Å²) >= 11 is 7.33. The molecule has 0 N–H and O–H groups in total. The molecule has 0 aliphatic carbocycles. The van der Waals surface area contributed by atoms with Crippen LogP contribution in [-0.4, -0.2) is 34.3 Å². The smallest absolute Gasteiger partial charge is 0.338 e. The first-order valence-corrected chi connectivity index (χ1v) is 8.67. The average molecular weight is 363 g/mol. The maximum Gasteiger partial charge on any atom is 0.338 e. The van der Waals surface area contributed by atoms with Gasteiger partial charge >= 0.3 is 5.97 Å². The molecule has 0 spiro atoms. The van der Waals surface area contributed by atoms with Crippen molar-refractivity contribution >= 4 is 40.4 Å². The minimum atomic E-state index is -0.561. The molecule has 1 aromatic rings.